The number of hydrogen-bond acceptors (Lipinski definition) is 2. The van der Waals surface area contributed by atoms with Crippen LogP contribution in [0.3, 0.4) is 0 Å². The average molecular weight is 242 g/mol. The molecule has 0 aliphatic rings. The minimum atomic E-state index is -0.423. The summed E-state index contributed by atoms with van der Waals surface area (Å²) in [5.41, 5.74) is -0.812. The normalized spacial score (nSPS) is 15.1. The maximum absolute atomic E-state index is 11.6. The van der Waals surface area contributed by atoms with Gasteiger partial charge in [-0.1, -0.05) is 6.92 Å². The highest BCUT2D eigenvalue weighted by Crippen LogP contribution is 2.35. The van der Waals surface area contributed by atoms with Crippen molar-refractivity contribution in [3.63, 3.8) is 0 Å². The molecule has 0 spiro atoms. The van der Waals surface area contributed by atoms with Gasteiger partial charge in [-0.2, -0.15) is 0 Å². The van der Waals surface area contributed by atoms with Gasteiger partial charge < -0.3 is 9.80 Å². The second-order valence-electron chi connectivity index (χ2n) is 5.34. The molecule has 17 heavy (non-hydrogen) atoms. The molecule has 0 saturated carbocycles. The van der Waals surface area contributed by atoms with Crippen molar-refractivity contribution in [2.75, 3.05) is 14.1 Å². The van der Waals surface area contributed by atoms with Gasteiger partial charge in [0.2, 0.25) is 11.8 Å². The first-order chi connectivity index (χ1) is 7.52. The molecule has 1 atom stereocenters. The Morgan fingerprint density at radius 2 is 1.29 bits per heavy atom. The van der Waals surface area contributed by atoms with E-state index in [9.17, 15) is 9.59 Å². The van der Waals surface area contributed by atoms with E-state index in [0.29, 0.717) is 0 Å². The van der Waals surface area contributed by atoms with Gasteiger partial charge >= 0.3 is 0 Å². The van der Waals surface area contributed by atoms with Gasteiger partial charge in [0.25, 0.3) is 0 Å². The van der Waals surface area contributed by atoms with Crippen molar-refractivity contribution in [3.8, 4) is 0 Å². The van der Waals surface area contributed by atoms with Crippen molar-refractivity contribution < 1.29 is 9.59 Å². The van der Waals surface area contributed by atoms with E-state index in [4.69, 9.17) is 0 Å². The highest BCUT2D eigenvalue weighted by molar-refractivity contribution is 5.76. The number of carbonyl (C=O) groups is 2. The summed E-state index contributed by atoms with van der Waals surface area (Å²) in [7, 11) is 3.58. The third kappa shape index (κ3) is 2.61. The molecule has 4 nitrogen and oxygen atoms in total. The summed E-state index contributed by atoms with van der Waals surface area (Å²) < 4.78 is 0. The maximum Gasteiger partial charge on any atom is 0.219 e. The highest BCUT2D eigenvalue weighted by atomic mass is 16.2. The third-order valence-corrected chi connectivity index (χ3v) is 4.53. The Bertz CT molecular complexity index is 313. The molecule has 4 heteroatoms. The minimum Gasteiger partial charge on any atom is -0.339 e. The summed E-state index contributed by atoms with van der Waals surface area (Å²) in [6.07, 6.45) is 0.785. The zero-order valence-corrected chi connectivity index (χ0v) is 12.4. The molecule has 0 fully saturated rings. The quantitative estimate of drug-likeness (QED) is 0.755. The molecule has 0 aromatic rings. The van der Waals surface area contributed by atoms with E-state index in [2.05, 4.69) is 0 Å². The van der Waals surface area contributed by atoms with Crippen LogP contribution in [0.25, 0.3) is 0 Å². The second kappa shape index (κ2) is 5.07. The topological polar surface area (TPSA) is 40.6 Å². The van der Waals surface area contributed by atoms with Crippen LogP contribution in [0.15, 0.2) is 0 Å². The third-order valence-electron chi connectivity index (χ3n) is 4.53. The molecule has 0 N–H and O–H groups in total. The second-order valence-corrected chi connectivity index (χ2v) is 5.34. The van der Waals surface area contributed by atoms with Crippen molar-refractivity contribution in [2.24, 2.45) is 0 Å². The monoisotopic (exact) mass is 242 g/mol. The molecule has 0 rings (SSSR count). The summed E-state index contributed by atoms with van der Waals surface area (Å²) in [6, 6.07) is 0. The summed E-state index contributed by atoms with van der Waals surface area (Å²) >= 11 is 0. The Hall–Kier alpha value is -1.06. The van der Waals surface area contributed by atoms with Gasteiger partial charge in [0.05, 0.1) is 11.1 Å². The van der Waals surface area contributed by atoms with E-state index in [0.717, 1.165) is 6.42 Å². The highest BCUT2D eigenvalue weighted by Gasteiger charge is 2.47. The molecule has 0 aromatic carbocycles. The van der Waals surface area contributed by atoms with E-state index in [-0.39, 0.29) is 17.4 Å². The van der Waals surface area contributed by atoms with Crippen LogP contribution in [0.4, 0.5) is 0 Å². The predicted molar refractivity (Wildman–Crippen MR) is 69.7 cm³/mol. The average Bonchev–Trinajstić information content (AvgIpc) is 2.24. The Morgan fingerprint density at radius 1 is 0.941 bits per heavy atom. The number of rotatable bonds is 4. The van der Waals surface area contributed by atoms with E-state index < -0.39 is 5.54 Å². The van der Waals surface area contributed by atoms with E-state index in [1.54, 1.807) is 37.7 Å². The lowest BCUT2D eigenvalue weighted by Gasteiger charge is -2.53. The van der Waals surface area contributed by atoms with Crippen LogP contribution in [0, 0.1) is 0 Å². The zero-order chi connectivity index (χ0) is 14.0. The SMILES string of the molecule is CCC(C)(N(C)C(C)=O)C(C)(C)N(C)C(C)=O. The molecule has 0 aromatic heterocycles. The lowest BCUT2D eigenvalue weighted by Crippen LogP contribution is -2.66. The molecule has 0 heterocycles. The van der Waals surface area contributed by atoms with Crippen LogP contribution in [-0.4, -0.2) is 46.8 Å². The molecule has 0 bridgehead atoms. The van der Waals surface area contributed by atoms with Crippen molar-refractivity contribution in [1.29, 1.82) is 0 Å². The Morgan fingerprint density at radius 3 is 1.53 bits per heavy atom. The molecule has 0 radical (unpaired) electrons. The van der Waals surface area contributed by atoms with Crippen LogP contribution >= 0.6 is 0 Å². The van der Waals surface area contributed by atoms with E-state index in [1.165, 1.54) is 0 Å². The minimum absolute atomic E-state index is 0.00614. The van der Waals surface area contributed by atoms with Gasteiger partial charge in [0.1, 0.15) is 0 Å². The zero-order valence-electron chi connectivity index (χ0n) is 12.4. The van der Waals surface area contributed by atoms with Gasteiger partial charge in [0.15, 0.2) is 0 Å². The Labute approximate surface area is 105 Å². The van der Waals surface area contributed by atoms with Crippen LogP contribution in [0.5, 0.6) is 0 Å². The van der Waals surface area contributed by atoms with Gasteiger partial charge in [-0.15, -0.1) is 0 Å². The lowest BCUT2D eigenvalue weighted by molar-refractivity contribution is -0.147. The van der Waals surface area contributed by atoms with Crippen molar-refractivity contribution in [3.05, 3.63) is 0 Å². The molecular weight excluding hydrogens is 216 g/mol. The van der Waals surface area contributed by atoms with E-state index in [1.807, 2.05) is 27.7 Å². The number of nitrogens with zero attached hydrogens (tertiary/aromatic N) is 2. The summed E-state index contributed by atoms with van der Waals surface area (Å²) in [5.74, 6) is 0.0194. The first-order valence-corrected chi connectivity index (χ1v) is 6.01. The first-order valence-electron chi connectivity index (χ1n) is 6.01. The Kier molecular flexibility index (Phi) is 4.75. The number of amides is 2. The number of hydrogen-bond donors (Lipinski definition) is 0. The van der Waals surface area contributed by atoms with Crippen LogP contribution in [0.1, 0.15) is 48.0 Å². The molecular formula is C13H26N2O2. The smallest absolute Gasteiger partial charge is 0.219 e. The number of likely N-dealkylation sites (N-methyl/N-ethyl adjacent to an activating group) is 2. The number of carbonyl (C=O) groups excluding carboxylic acids is 2. The van der Waals surface area contributed by atoms with Crippen LogP contribution in [-0.2, 0) is 9.59 Å². The van der Waals surface area contributed by atoms with E-state index >= 15 is 0 Å². The van der Waals surface area contributed by atoms with Crippen molar-refractivity contribution in [1.82, 2.24) is 9.80 Å². The van der Waals surface area contributed by atoms with Gasteiger partial charge in [-0.3, -0.25) is 9.59 Å². The summed E-state index contributed by atoms with van der Waals surface area (Å²) in [6.45, 7) is 11.2. The largest absolute Gasteiger partial charge is 0.339 e. The van der Waals surface area contributed by atoms with Gasteiger partial charge in [-0.25, -0.2) is 0 Å². The predicted octanol–water partition coefficient (Wildman–Crippen LogP) is 1.89. The Balaban J connectivity index is 5.49. The molecule has 0 aliphatic carbocycles. The maximum atomic E-state index is 11.6. The molecule has 2 amide bonds. The summed E-state index contributed by atoms with van der Waals surface area (Å²) in [5, 5.41) is 0. The van der Waals surface area contributed by atoms with Crippen LogP contribution < -0.4 is 0 Å². The molecule has 0 saturated heterocycles. The van der Waals surface area contributed by atoms with Gasteiger partial charge in [0, 0.05) is 27.9 Å². The fourth-order valence-corrected chi connectivity index (χ4v) is 2.18. The summed E-state index contributed by atoms with van der Waals surface area (Å²) in [4.78, 5) is 26.6. The van der Waals surface area contributed by atoms with Gasteiger partial charge in [-0.05, 0) is 27.2 Å². The standard InChI is InChI=1S/C13H26N2O2/c1-9-13(6,15(8)11(3)17)12(4,5)14(7)10(2)16/h9H2,1-8H3. The van der Waals surface area contributed by atoms with Crippen molar-refractivity contribution >= 4 is 11.8 Å². The lowest BCUT2D eigenvalue weighted by atomic mass is 9.76. The first kappa shape index (κ1) is 15.9. The molecule has 0 aliphatic heterocycles. The fourth-order valence-electron chi connectivity index (χ4n) is 2.18. The molecule has 1 unspecified atom stereocenters. The van der Waals surface area contributed by atoms with Crippen LogP contribution in [0.2, 0.25) is 0 Å². The fraction of sp³-hybridized carbons (Fsp3) is 0.846. The van der Waals surface area contributed by atoms with Crippen molar-refractivity contribution in [2.45, 2.75) is 59.0 Å². The molecule has 100 valence electrons.